The number of carbonyl (C=O) groups excluding carboxylic acids is 1. The summed E-state index contributed by atoms with van der Waals surface area (Å²) >= 11 is 0. The Kier molecular flexibility index (Phi) is 7.18. The number of aliphatic hydroxyl groups is 1. The van der Waals surface area contributed by atoms with Gasteiger partial charge in [-0.1, -0.05) is 12.8 Å². The van der Waals surface area contributed by atoms with Crippen molar-refractivity contribution in [1.82, 2.24) is 29.3 Å². The Morgan fingerprint density at radius 3 is 2.73 bits per heavy atom. The van der Waals surface area contributed by atoms with Crippen LogP contribution >= 0.6 is 0 Å². The van der Waals surface area contributed by atoms with Gasteiger partial charge in [-0.25, -0.2) is 14.8 Å². The molecule has 0 atom stereocenters. The van der Waals surface area contributed by atoms with Gasteiger partial charge in [0, 0.05) is 36.5 Å². The Morgan fingerprint density at radius 1 is 1.11 bits per heavy atom. The number of ether oxygens (including phenoxy) is 2. The number of nitrogens with one attached hydrogen (secondary N) is 1. The summed E-state index contributed by atoms with van der Waals surface area (Å²) in [6.07, 6.45) is 9.17. The number of esters is 1. The number of nitrogens with zero attached hydrogens (tertiary/aromatic N) is 5. The third kappa shape index (κ3) is 4.79. The van der Waals surface area contributed by atoms with Crippen LogP contribution in [0.15, 0.2) is 48.9 Å². The molecule has 0 bridgehead atoms. The lowest BCUT2D eigenvalue weighted by Crippen LogP contribution is -2.08. The number of pyridine rings is 1. The van der Waals surface area contributed by atoms with Crippen LogP contribution in [0.4, 0.5) is 0 Å². The summed E-state index contributed by atoms with van der Waals surface area (Å²) < 4.78 is 15.0. The molecule has 10 nitrogen and oxygen atoms in total. The molecule has 37 heavy (non-hydrogen) atoms. The number of fused-ring (bicyclic) bond motifs is 2. The molecule has 0 amide bonds. The summed E-state index contributed by atoms with van der Waals surface area (Å²) in [4.78, 5) is 22.1. The zero-order valence-corrected chi connectivity index (χ0v) is 21.0. The van der Waals surface area contributed by atoms with E-state index in [1.807, 2.05) is 18.3 Å². The van der Waals surface area contributed by atoms with Crippen LogP contribution in [0.5, 0.6) is 5.75 Å². The number of H-pyrrole nitrogens is 1. The molecule has 2 N–H and O–H groups in total. The Balaban J connectivity index is 1.70. The van der Waals surface area contributed by atoms with Crippen molar-refractivity contribution >= 4 is 28.0 Å². The highest BCUT2D eigenvalue weighted by Crippen LogP contribution is 2.35. The predicted molar refractivity (Wildman–Crippen MR) is 140 cm³/mol. The van der Waals surface area contributed by atoms with Gasteiger partial charge >= 0.3 is 5.97 Å². The Bertz CT molecular complexity index is 1520. The highest BCUT2D eigenvalue weighted by atomic mass is 16.5. The Labute approximate surface area is 213 Å². The van der Waals surface area contributed by atoms with Gasteiger partial charge in [0.05, 0.1) is 43.7 Å². The predicted octanol–water partition coefficient (Wildman–Crippen LogP) is 4.17. The number of aryl methyl sites for hydroxylation is 1. The monoisotopic (exact) mass is 502 g/mol. The van der Waals surface area contributed by atoms with Gasteiger partial charge in [-0.05, 0) is 43.2 Å². The van der Waals surface area contributed by atoms with Gasteiger partial charge < -0.3 is 23.7 Å². The van der Waals surface area contributed by atoms with E-state index < -0.39 is 5.97 Å². The third-order valence-corrected chi connectivity index (χ3v) is 6.52. The van der Waals surface area contributed by atoms with Gasteiger partial charge in [0.25, 0.3) is 0 Å². The van der Waals surface area contributed by atoms with Gasteiger partial charge in [-0.2, -0.15) is 5.10 Å². The van der Waals surface area contributed by atoms with Crippen LogP contribution in [-0.4, -0.2) is 61.2 Å². The quantitative estimate of drug-likeness (QED) is 0.205. The van der Waals surface area contributed by atoms with E-state index in [1.54, 1.807) is 31.6 Å². The first-order valence-corrected chi connectivity index (χ1v) is 12.3. The molecule has 0 aliphatic rings. The molecular formula is C27H30N6O4. The molecule has 5 rings (SSSR count). The van der Waals surface area contributed by atoms with Gasteiger partial charge in [-0.15, -0.1) is 0 Å². The molecule has 10 heteroatoms. The van der Waals surface area contributed by atoms with E-state index in [0.717, 1.165) is 65.9 Å². The average molecular weight is 503 g/mol. The number of aromatic amines is 1. The number of hydrogen-bond acceptors (Lipinski definition) is 7. The van der Waals surface area contributed by atoms with E-state index in [0.29, 0.717) is 23.4 Å². The van der Waals surface area contributed by atoms with Gasteiger partial charge in [-0.3, -0.25) is 5.10 Å². The van der Waals surface area contributed by atoms with Crippen molar-refractivity contribution in [3.8, 4) is 17.3 Å². The van der Waals surface area contributed by atoms with Crippen molar-refractivity contribution in [2.45, 2.75) is 38.8 Å². The zero-order valence-electron chi connectivity index (χ0n) is 21.0. The second-order valence-corrected chi connectivity index (χ2v) is 8.90. The highest BCUT2D eigenvalue weighted by molar-refractivity contribution is 5.97. The summed E-state index contributed by atoms with van der Waals surface area (Å²) in [5.74, 6) is 0.821. The second kappa shape index (κ2) is 10.8. The van der Waals surface area contributed by atoms with E-state index in [9.17, 15) is 4.79 Å². The highest BCUT2D eigenvalue weighted by Gasteiger charge is 2.23. The molecular weight excluding hydrogens is 472 g/mol. The number of carbonyl (C=O) groups is 1. The second-order valence-electron chi connectivity index (χ2n) is 8.90. The summed E-state index contributed by atoms with van der Waals surface area (Å²) in [5, 5.41) is 17.1. The number of rotatable bonds is 11. The molecule has 0 saturated carbocycles. The lowest BCUT2D eigenvalue weighted by molar-refractivity contribution is 0.0600. The SMILES string of the molecule is COC(=O)c1cc(OC)c2c(c1)nc(-c1cc3cccnc3n1CCCCCCO)n2Cc1cn[nH]c1. The van der Waals surface area contributed by atoms with E-state index >= 15 is 0 Å². The van der Waals surface area contributed by atoms with Crippen LogP contribution in [0, 0.1) is 0 Å². The number of benzene rings is 1. The molecule has 0 unspecified atom stereocenters. The Morgan fingerprint density at radius 2 is 1.97 bits per heavy atom. The molecule has 1 aromatic carbocycles. The van der Waals surface area contributed by atoms with Gasteiger partial charge in [0.15, 0.2) is 5.82 Å². The molecule has 4 aromatic heterocycles. The molecule has 0 aliphatic carbocycles. The molecule has 0 aliphatic heterocycles. The fourth-order valence-corrected chi connectivity index (χ4v) is 4.75. The molecule has 192 valence electrons. The first-order chi connectivity index (χ1) is 18.1. The number of methoxy groups -OCH3 is 2. The summed E-state index contributed by atoms with van der Waals surface area (Å²) in [6.45, 7) is 1.48. The maximum absolute atomic E-state index is 12.4. The van der Waals surface area contributed by atoms with Crippen LogP contribution < -0.4 is 4.74 Å². The molecule has 0 radical (unpaired) electrons. The van der Waals surface area contributed by atoms with Crippen LogP contribution in [0.25, 0.3) is 33.6 Å². The van der Waals surface area contributed by atoms with Crippen LogP contribution in [0.3, 0.4) is 0 Å². The maximum atomic E-state index is 12.4. The minimum Gasteiger partial charge on any atom is -0.494 e. The minimum atomic E-state index is -0.452. The molecule has 4 heterocycles. The van der Waals surface area contributed by atoms with Crippen molar-refractivity contribution in [2.24, 2.45) is 0 Å². The van der Waals surface area contributed by atoms with Crippen molar-refractivity contribution in [3.63, 3.8) is 0 Å². The maximum Gasteiger partial charge on any atom is 0.338 e. The van der Waals surface area contributed by atoms with Gasteiger partial charge in [0.2, 0.25) is 0 Å². The van der Waals surface area contributed by atoms with Crippen LogP contribution in [0.1, 0.15) is 41.6 Å². The van der Waals surface area contributed by atoms with E-state index in [2.05, 4.69) is 30.4 Å². The normalized spacial score (nSPS) is 11.4. The largest absolute Gasteiger partial charge is 0.494 e. The summed E-state index contributed by atoms with van der Waals surface area (Å²) in [5.41, 5.74) is 4.58. The topological polar surface area (TPSA) is 120 Å². The zero-order chi connectivity index (χ0) is 25.8. The third-order valence-electron chi connectivity index (χ3n) is 6.52. The molecule has 0 fully saturated rings. The van der Waals surface area contributed by atoms with Crippen molar-refractivity contribution in [3.05, 3.63) is 60.0 Å². The molecule has 0 saturated heterocycles. The fraction of sp³-hybridized carbons (Fsp3) is 0.333. The first kappa shape index (κ1) is 24.5. The number of unbranched alkanes of at least 4 members (excludes halogenated alkanes) is 3. The number of aromatic nitrogens is 6. The van der Waals surface area contributed by atoms with Crippen molar-refractivity contribution < 1.29 is 19.4 Å². The van der Waals surface area contributed by atoms with Crippen molar-refractivity contribution in [1.29, 1.82) is 0 Å². The average Bonchev–Trinajstić information content (AvgIpc) is 3.65. The first-order valence-electron chi connectivity index (χ1n) is 12.3. The minimum absolute atomic E-state index is 0.215. The van der Waals surface area contributed by atoms with Crippen molar-refractivity contribution in [2.75, 3.05) is 20.8 Å². The number of imidazole rings is 1. The smallest absolute Gasteiger partial charge is 0.338 e. The number of aliphatic hydroxyl groups excluding tert-OH is 1. The fourth-order valence-electron chi connectivity index (χ4n) is 4.75. The molecule has 5 aromatic rings. The summed E-state index contributed by atoms with van der Waals surface area (Å²) in [6, 6.07) is 9.50. The van der Waals surface area contributed by atoms with Crippen LogP contribution in [-0.2, 0) is 17.8 Å². The van der Waals surface area contributed by atoms with Crippen LogP contribution in [0.2, 0.25) is 0 Å². The lowest BCUT2D eigenvalue weighted by Gasteiger charge is -2.13. The van der Waals surface area contributed by atoms with E-state index in [4.69, 9.17) is 19.6 Å². The van der Waals surface area contributed by atoms with Gasteiger partial charge in [0.1, 0.15) is 16.9 Å². The molecule has 0 spiro atoms. The van der Waals surface area contributed by atoms with E-state index in [-0.39, 0.29) is 6.61 Å². The summed E-state index contributed by atoms with van der Waals surface area (Å²) in [7, 11) is 2.94. The number of hydrogen-bond donors (Lipinski definition) is 2. The Hall–Kier alpha value is -4.18. The lowest BCUT2D eigenvalue weighted by atomic mass is 10.2. The van der Waals surface area contributed by atoms with E-state index in [1.165, 1.54) is 7.11 Å². The standard InChI is InChI=1S/C27H30N6O4/c1-36-23-14-20(27(35)37-2)12-21-24(23)33(17-18-15-29-30-16-18)26(31-21)22-13-19-8-7-9-28-25(19)32(22)10-5-3-4-6-11-34/h7-9,12-16,34H,3-6,10-11,17H2,1-2H3,(H,29,30).